The molecule has 0 saturated heterocycles. The highest BCUT2D eigenvalue weighted by molar-refractivity contribution is 7.92. The van der Waals surface area contributed by atoms with Gasteiger partial charge in [0.05, 0.1) is 30.3 Å². The third-order valence-corrected chi connectivity index (χ3v) is 6.42. The van der Waals surface area contributed by atoms with Crippen LogP contribution in [0.25, 0.3) is 10.9 Å². The number of ether oxygens (including phenoxy) is 2. The van der Waals surface area contributed by atoms with Gasteiger partial charge in [-0.25, -0.2) is 8.42 Å². The number of nitrogens with one attached hydrogen (secondary N) is 2. The normalized spacial score (nSPS) is 11.8. The number of methoxy groups -OCH3 is 1. The maximum Gasteiger partial charge on any atom is 0.272 e. The Hall–Kier alpha value is -4.05. The van der Waals surface area contributed by atoms with Crippen molar-refractivity contribution in [3.63, 3.8) is 0 Å². The summed E-state index contributed by atoms with van der Waals surface area (Å²) in [5.41, 5.74) is 2.24. The highest BCUT2D eigenvalue weighted by Gasteiger charge is 2.24. The third kappa shape index (κ3) is 5.69. The lowest BCUT2D eigenvalue weighted by atomic mass is 9.86. The Bertz CT molecular complexity index is 1570. The maximum atomic E-state index is 13.5. The lowest BCUT2D eigenvalue weighted by Gasteiger charge is -2.24. The Kier molecular flexibility index (Phi) is 6.88. The van der Waals surface area contributed by atoms with E-state index in [1.54, 1.807) is 54.3 Å². The average Bonchev–Trinajstić information content (AvgIpc) is 3.15. The molecule has 0 aliphatic rings. The second kappa shape index (κ2) is 9.78. The van der Waals surface area contributed by atoms with Crippen molar-refractivity contribution in [2.45, 2.75) is 26.2 Å². The first kappa shape index (κ1) is 26.0. The predicted octanol–water partition coefficient (Wildman–Crippen LogP) is 5.30. The standard InChI is InChI=1S/C27H30N4O5S/c1-27(2,3)18-15-20(25(35-5)21(16-18)30-37(6,33)34)29-26(32)22-14-17-8-7-9-23(24(17)31(22)4)36-19-10-12-28-13-11-19/h7-16,30H,1-6H3,(H,29,32). The number of anilines is 2. The molecular formula is C27H30N4O5S. The van der Waals surface area contributed by atoms with Gasteiger partial charge < -0.3 is 19.4 Å². The van der Waals surface area contributed by atoms with Gasteiger partial charge in [-0.1, -0.05) is 32.9 Å². The molecule has 0 spiro atoms. The summed E-state index contributed by atoms with van der Waals surface area (Å²) in [4.78, 5) is 17.5. The number of aromatic nitrogens is 2. The van der Waals surface area contributed by atoms with E-state index in [0.29, 0.717) is 22.9 Å². The smallest absolute Gasteiger partial charge is 0.272 e. The largest absolute Gasteiger partial charge is 0.492 e. The molecule has 2 aromatic heterocycles. The molecule has 9 nitrogen and oxygen atoms in total. The Balaban J connectivity index is 1.76. The molecule has 0 unspecified atom stereocenters. The zero-order chi connectivity index (χ0) is 27.0. The van der Waals surface area contributed by atoms with Crippen LogP contribution in [0.15, 0.2) is 60.9 Å². The number of sulfonamides is 1. The molecule has 2 N–H and O–H groups in total. The number of hydrogen-bond acceptors (Lipinski definition) is 6. The number of rotatable bonds is 7. The Morgan fingerprint density at radius 1 is 1.03 bits per heavy atom. The van der Waals surface area contributed by atoms with Gasteiger partial charge in [-0.3, -0.25) is 14.5 Å². The zero-order valence-electron chi connectivity index (χ0n) is 21.6. The van der Waals surface area contributed by atoms with Gasteiger partial charge in [0.2, 0.25) is 10.0 Å². The van der Waals surface area contributed by atoms with Crippen LogP contribution in [0.1, 0.15) is 36.8 Å². The highest BCUT2D eigenvalue weighted by atomic mass is 32.2. The topological polar surface area (TPSA) is 112 Å². The van der Waals surface area contributed by atoms with Crippen LogP contribution in [-0.2, 0) is 22.5 Å². The molecule has 0 fully saturated rings. The SMILES string of the molecule is COc1c(NC(=O)c2cc3cccc(Oc4ccncc4)c3n2C)cc(C(C)(C)C)cc1NS(C)(=O)=O. The first-order valence-electron chi connectivity index (χ1n) is 11.6. The second-order valence-corrected chi connectivity index (χ2v) is 11.5. The minimum Gasteiger partial charge on any atom is -0.492 e. The van der Waals surface area contributed by atoms with Crippen molar-refractivity contribution in [2.75, 3.05) is 23.4 Å². The van der Waals surface area contributed by atoms with E-state index in [1.807, 2.05) is 39.0 Å². The molecule has 0 aliphatic carbocycles. The van der Waals surface area contributed by atoms with Gasteiger partial charge in [0, 0.05) is 24.8 Å². The number of benzene rings is 2. The molecule has 0 radical (unpaired) electrons. The molecule has 194 valence electrons. The lowest BCUT2D eigenvalue weighted by Crippen LogP contribution is -2.19. The van der Waals surface area contributed by atoms with E-state index in [-0.39, 0.29) is 22.8 Å². The van der Waals surface area contributed by atoms with E-state index < -0.39 is 10.0 Å². The van der Waals surface area contributed by atoms with E-state index in [1.165, 1.54) is 7.11 Å². The molecule has 0 bridgehead atoms. The molecule has 0 saturated carbocycles. The highest BCUT2D eigenvalue weighted by Crippen LogP contribution is 2.39. The number of carbonyl (C=O) groups excluding carboxylic acids is 1. The molecule has 4 rings (SSSR count). The van der Waals surface area contributed by atoms with E-state index in [2.05, 4.69) is 15.0 Å². The molecule has 2 heterocycles. The number of hydrogen-bond donors (Lipinski definition) is 2. The van der Waals surface area contributed by atoms with Crippen LogP contribution >= 0.6 is 0 Å². The molecular weight excluding hydrogens is 492 g/mol. The molecule has 1 amide bonds. The molecule has 37 heavy (non-hydrogen) atoms. The van der Waals surface area contributed by atoms with Gasteiger partial charge in [0.1, 0.15) is 11.4 Å². The molecule has 10 heteroatoms. The molecule has 2 aromatic carbocycles. The quantitative estimate of drug-likeness (QED) is 0.341. The van der Waals surface area contributed by atoms with Crippen LogP contribution in [0.4, 0.5) is 11.4 Å². The van der Waals surface area contributed by atoms with Crippen LogP contribution in [0, 0.1) is 0 Å². The van der Waals surface area contributed by atoms with E-state index in [0.717, 1.165) is 22.7 Å². The van der Waals surface area contributed by atoms with Gasteiger partial charge in [-0.2, -0.15) is 0 Å². The van der Waals surface area contributed by atoms with Crippen LogP contribution < -0.4 is 19.5 Å². The summed E-state index contributed by atoms with van der Waals surface area (Å²) in [5, 5.41) is 3.75. The van der Waals surface area contributed by atoms with Crippen molar-refractivity contribution >= 4 is 38.2 Å². The van der Waals surface area contributed by atoms with E-state index in [4.69, 9.17) is 9.47 Å². The summed E-state index contributed by atoms with van der Waals surface area (Å²) in [5.74, 6) is 1.05. The Labute approximate surface area is 216 Å². The average molecular weight is 523 g/mol. The fraction of sp³-hybridized carbons (Fsp3) is 0.259. The monoisotopic (exact) mass is 522 g/mol. The van der Waals surface area contributed by atoms with Crippen LogP contribution in [0.3, 0.4) is 0 Å². The molecule has 4 aromatic rings. The van der Waals surface area contributed by atoms with Crippen molar-refractivity contribution in [1.29, 1.82) is 0 Å². The number of para-hydroxylation sites is 1. The predicted molar refractivity (Wildman–Crippen MR) is 145 cm³/mol. The number of aryl methyl sites for hydroxylation is 1. The fourth-order valence-corrected chi connectivity index (χ4v) is 4.60. The number of amides is 1. The van der Waals surface area contributed by atoms with Crippen molar-refractivity contribution in [3.8, 4) is 17.2 Å². The van der Waals surface area contributed by atoms with Crippen LogP contribution in [-0.4, -0.2) is 37.2 Å². The Morgan fingerprint density at radius 3 is 2.32 bits per heavy atom. The van der Waals surface area contributed by atoms with Crippen LogP contribution in [0.2, 0.25) is 0 Å². The number of nitrogens with zero attached hydrogens (tertiary/aromatic N) is 2. The number of pyridine rings is 1. The van der Waals surface area contributed by atoms with Crippen molar-refractivity contribution in [3.05, 3.63) is 72.2 Å². The minimum absolute atomic E-state index is 0.215. The number of carbonyl (C=O) groups is 1. The minimum atomic E-state index is -3.59. The summed E-state index contributed by atoms with van der Waals surface area (Å²) >= 11 is 0. The second-order valence-electron chi connectivity index (χ2n) is 9.75. The van der Waals surface area contributed by atoms with Crippen molar-refractivity contribution in [1.82, 2.24) is 9.55 Å². The van der Waals surface area contributed by atoms with Gasteiger partial charge in [0.15, 0.2) is 11.5 Å². The lowest BCUT2D eigenvalue weighted by molar-refractivity contribution is 0.101. The maximum absolute atomic E-state index is 13.5. The first-order chi connectivity index (χ1) is 17.4. The summed E-state index contributed by atoms with van der Waals surface area (Å²) in [6.45, 7) is 6.00. The zero-order valence-corrected chi connectivity index (χ0v) is 22.4. The molecule has 0 aliphatic heterocycles. The summed E-state index contributed by atoms with van der Waals surface area (Å²) in [6.07, 6.45) is 4.35. The van der Waals surface area contributed by atoms with E-state index in [9.17, 15) is 13.2 Å². The fourth-order valence-electron chi connectivity index (χ4n) is 4.05. The van der Waals surface area contributed by atoms with Crippen molar-refractivity contribution < 1.29 is 22.7 Å². The van der Waals surface area contributed by atoms with Crippen LogP contribution in [0.5, 0.6) is 17.2 Å². The summed E-state index contributed by atoms with van der Waals surface area (Å²) in [6, 6.07) is 14.4. The van der Waals surface area contributed by atoms with Gasteiger partial charge in [-0.05, 0) is 47.4 Å². The van der Waals surface area contributed by atoms with E-state index >= 15 is 0 Å². The number of fused-ring (bicyclic) bond motifs is 1. The van der Waals surface area contributed by atoms with Gasteiger partial charge in [-0.15, -0.1) is 0 Å². The third-order valence-electron chi connectivity index (χ3n) is 5.83. The molecule has 0 atom stereocenters. The summed E-state index contributed by atoms with van der Waals surface area (Å²) in [7, 11) is -0.376. The first-order valence-corrected chi connectivity index (χ1v) is 13.4. The summed E-state index contributed by atoms with van der Waals surface area (Å²) < 4.78 is 39.9. The van der Waals surface area contributed by atoms with Crippen molar-refractivity contribution in [2.24, 2.45) is 7.05 Å². The Morgan fingerprint density at radius 2 is 1.70 bits per heavy atom. The van der Waals surface area contributed by atoms with Gasteiger partial charge in [0.25, 0.3) is 5.91 Å². The van der Waals surface area contributed by atoms with Gasteiger partial charge >= 0.3 is 0 Å².